The molecule has 34 heavy (non-hydrogen) atoms. The van der Waals surface area contributed by atoms with Gasteiger partial charge in [0, 0.05) is 35.6 Å². The first kappa shape index (κ1) is 22.8. The quantitative estimate of drug-likeness (QED) is 0.492. The standard InChI is InChI=1S/C22H21ClF4N6O/c23-16-2-1-3-17(24)15(16)12-32(14-4-5-14)20(34)13-8-10-31(11-9-13)19-7-6-18-28-29-21(22(25,26)27)33(18)30-19/h1-3,6-7,13-14H,4-5,8-12H2. The smallest absolute Gasteiger partial charge is 0.355 e. The van der Waals surface area contributed by atoms with Crippen LogP contribution in [0.15, 0.2) is 30.3 Å². The van der Waals surface area contributed by atoms with Crippen LogP contribution >= 0.6 is 11.6 Å². The molecule has 3 aromatic rings. The predicted molar refractivity (Wildman–Crippen MR) is 116 cm³/mol. The highest BCUT2D eigenvalue weighted by Gasteiger charge is 2.39. The number of amides is 1. The molecular weight excluding hydrogens is 476 g/mol. The number of hydrogen-bond acceptors (Lipinski definition) is 5. The van der Waals surface area contributed by atoms with E-state index in [2.05, 4.69) is 15.3 Å². The molecule has 1 aromatic carbocycles. The molecular formula is C22H21ClF4N6O. The number of fused-ring (bicyclic) bond motifs is 1. The van der Waals surface area contributed by atoms with Crippen molar-refractivity contribution in [1.82, 2.24) is 24.7 Å². The number of alkyl halides is 3. The first-order valence-corrected chi connectivity index (χ1v) is 11.4. The number of piperidine rings is 1. The second-order valence-electron chi connectivity index (χ2n) is 8.64. The molecule has 0 N–H and O–H groups in total. The maximum Gasteiger partial charge on any atom is 0.453 e. The highest BCUT2D eigenvalue weighted by Crippen LogP contribution is 2.34. The zero-order valence-electron chi connectivity index (χ0n) is 18.0. The molecule has 1 aliphatic carbocycles. The lowest BCUT2D eigenvalue weighted by Gasteiger charge is -2.35. The number of anilines is 1. The van der Waals surface area contributed by atoms with Crippen LogP contribution in [0.4, 0.5) is 23.4 Å². The summed E-state index contributed by atoms with van der Waals surface area (Å²) in [5.74, 6) is -1.55. The first-order chi connectivity index (χ1) is 16.2. The molecule has 1 aliphatic heterocycles. The minimum absolute atomic E-state index is 0.00742. The fourth-order valence-corrected chi connectivity index (χ4v) is 4.56. The second kappa shape index (κ2) is 8.68. The third-order valence-electron chi connectivity index (χ3n) is 6.33. The fraction of sp³-hybridized carbons (Fsp3) is 0.455. The molecule has 180 valence electrons. The van der Waals surface area contributed by atoms with Crippen LogP contribution in [0.1, 0.15) is 37.1 Å². The van der Waals surface area contributed by atoms with Crippen LogP contribution in [-0.4, -0.2) is 49.7 Å². The third kappa shape index (κ3) is 4.40. The van der Waals surface area contributed by atoms with Gasteiger partial charge in [-0.1, -0.05) is 17.7 Å². The minimum Gasteiger partial charge on any atom is -0.355 e. The monoisotopic (exact) mass is 496 g/mol. The lowest BCUT2D eigenvalue weighted by atomic mass is 9.95. The van der Waals surface area contributed by atoms with Gasteiger partial charge in [0.15, 0.2) is 5.65 Å². The lowest BCUT2D eigenvalue weighted by Crippen LogP contribution is -2.43. The van der Waals surface area contributed by atoms with Gasteiger partial charge in [-0.2, -0.15) is 17.7 Å². The van der Waals surface area contributed by atoms with Crippen molar-refractivity contribution in [3.05, 3.63) is 52.6 Å². The van der Waals surface area contributed by atoms with E-state index in [0.717, 1.165) is 12.8 Å². The molecule has 7 nitrogen and oxygen atoms in total. The molecule has 1 saturated carbocycles. The molecule has 2 aliphatic rings. The van der Waals surface area contributed by atoms with E-state index >= 15 is 0 Å². The molecule has 0 spiro atoms. The molecule has 3 heterocycles. The Labute approximate surface area is 197 Å². The number of carbonyl (C=O) groups is 1. The van der Waals surface area contributed by atoms with Gasteiger partial charge >= 0.3 is 6.18 Å². The third-order valence-corrected chi connectivity index (χ3v) is 6.69. The van der Waals surface area contributed by atoms with Crippen LogP contribution < -0.4 is 4.90 Å². The second-order valence-corrected chi connectivity index (χ2v) is 9.05. The van der Waals surface area contributed by atoms with Crippen LogP contribution in [0.2, 0.25) is 5.02 Å². The molecule has 5 rings (SSSR count). The van der Waals surface area contributed by atoms with E-state index in [1.54, 1.807) is 17.0 Å². The van der Waals surface area contributed by atoms with E-state index in [9.17, 15) is 22.4 Å². The van der Waals surface area contributed by atoms with Gasteiger partial charge in [-0.15, -0.1) is 15.3 Å². The van der Waals surface area contributed by atoms with Crippen molar-refractivity contribution >= 4 is 29.0 Å². The van der Waals surface area contributed by atoms with Crippen LogP contribution in [0.25, 0.3) is 5.65 Å². The number of carbonyl (C=O) groups excluding carboxylic acids is 1. The largest absolute Gasteiger partial charge is 0.453 e. The van der Waals surface area contributed by atoms with Crippen LogP contribution in [0, 0.1) is 11.7 Å². The minimum atomic E-state index is -4.67. The summed E-state index contributed by atoms with van der Waals surface area (Å²) in [7, 11) is 0. The molecule has 2 aromatic heterocycles. The summed E-state index contributed by atoms with van der Waals surface area (Å²) in [6.07, 6.45) is -1.89. The van der Waals surface area contributed by atoms with Crippen LogP contribution in [0.5, 0.6) is 0 Å². The summed E-state index contributed by atoms with van der Waals surface area (Å²) in [5, 5.41) is 11.1. The topological polar surface area (TPSA) is 66.6 Å². The number of nitrogens with zero attached hydrogens (tertiary/aromatic N) is 6. The average molecular weight is 497 g/mol. The highest BCUT2D eigenvalue weighted by atomic mass is 35.5. The van der Waals surface area contributed by atoms with E-state index in [1.807, 2.05) is 4.90 Å². The van der Waals surface area contributed by atoms with Gasteiger partial charge in [-0.3, -0.25) is 4.79 Å². The van der Waals surface area contributed by atoms with Crippen LogP contribution in [-0.2, 0) is 17.5 Å². The van der Waals surface area contributed by atoms with Crippen molar-refractivity contribution in [3.63, 3.8) is 0 Å². The molecule has 0 bridgehead atoms. The normalized spacial score (nSPS) is 17.4. The van der Waals surface area contributed by atoms with Gasteiger partial charge in [0.1, 0.15) is 11.6 Å². The van der Waals surface area contributed by atoms with E-state index in [0.29, 0.717) is 46.9 Å². The predicted octanol–water partition coefficient (Wildman–Crippen LogP) is 4.34. The van der Waals surface area contributed by atoms with Gasteiger partial charge in [-0.25, -0.2) is 4.39 Å². The van der Waals surface area contributed by atoms with E-state index in [1.165, 1.54) is 18.2 Å². The summed E-state index contributed by atoms with van der Waals surface area (Å²) in [4.78, 5) is 16.9. The summed E-state index contributed by atoms with van der Waals surface area (Å²) >= 11 is 6.18. The molecule has 0 radical (unpaired) electrons. The SMILES string of the molecule is O=C(C1CCN(c2ccc3nnc(C(F)(F)F)n3n2)CC1)N(Cc1c(F)cccc1Cl)C1CC1. The van der Waals surface area contributed by atoms with E-state index in [4.69, 9.17) is 11.6 Å². The van der Waals surface area contributed by atoms with Gasteiger partial charge in [-0.05, 0) is 49.9 Å². The Balaban J connectivity index is 1.28. The van der Waals surface area contributed by atoms with Crippen molar-refractivity contribution in [2.45, 2.75) is 44.4 Å². The molecule has 0 unspecified atom stereocenters. The van der Waals surface area contributed by atoms with Crippen molar-refractivity contribution in [2.24, 2.45) is 5.92 Å². The number of halogens is 5. The highest BCUT2D eigenvalue weighted by molar-refractivity contribution is 6.31. The number of hydrogen-bond donors (Lipinski definition) is 0. The Morgan fingerprint density at radius 3 is 2.47 bits per heavy atom. The molecule has 1 amide bonds. The van der Waals surface area contributed by atoms with Gasteiger partial charge < -0.3 is 9.80 Å². The van der Waals surface area contributed by atoms with Crippen molar-refractivity contribution in [2.75, 3.05) is 18.0 Å². The first-order valence-electron chi connectivity index (χ1n) is 11.0. The Morgan fingerprint density at radius 2 is 1.82 bits per heavy atom. The molecule has 2 fully saturated rings. The molecule has 1 saturated heterocycles. The van der Waals surface area contributed by atoms with Crippen molar-refractivity contribution in [1.29, 1.82) is 0 Å². The number of benzene rings is 1. The van der Waals surface area contributed by atoms with Gasteiger partial charge in [0.25, 0.3) is 5.82 Å². The van der Waals surface area contributed by atoms with Crippen molar-refractivity contribution < 1.29 is 22.4 Å². The van der Waals surface area contributed by atoms with Gasteiger partial charge in [0.2, 0.25) is 5.91 Å². The zero-order valence-corrected chi connectivity index (χ0v) is 18.7. The Hall–Kier alpha value is -2.95. The summed E-state index contributed by atoms with van der Waals surface area (Å²) < 4.78 is 54.5. The molecule has 12 heteroatoms. The fourth-order valence-electron chi connectivity index (χ4n) is 4.34. The average Bonchev–Trinajstić information content (AvgIpc) is 3.55. The number of rotatable bonds is 5. The Morgan fingerprint density at radius 1 is 1.09 bits per heavy atom. The lowest BCUT2D eigenvalue weighted by molar-refractivity contribution is -0.146. The van der Waals surface area contributed by atoms with E-state index in [-0.39, 0.29) is 30.1 Å². The van der Waals surface area contributed by atoms with Gasteiger partial charge in [0.05, 0.1) is 6.54 Å². The summed E-state index contributed by atoms with van der Waals surface area (Å²) in [5.41, 5.74) is 0.321. The number of aromatic nitrogens is 4. The summed E-state index contributed by atoms with van der Waals surface area (Å²) in [6.45, 7) is 1.04. The van der Waals surface area contributed by atoms with Crippen molar-refractivity contribution in [3.8, 4) is 0 Å². The maximum atomic E-state index is 14.3. The maximum absolute atomic E-state index is 14.3. The van der Waals surface area contributed by atoms with Crippen LogP contribution in [0.3, 0.4) is 0 Å². The van der Waals surface area contributed by atoms with E-state index < -0.39 is 17.8 Å². The Bertz CT molecular complexity index is 1200. The zero-order chi connectivity index (χ0) is 24.0. The molecule has 0 atom stereocenters. The summed E-state index contributed by atoms with van der Waals surface area (Å²) in [6, 6.07) is 7.59. The Kier molecular flexibility index (Phi) is 5.83.